The van der Waals surface area contributed by atoms with Crippen molar-refractivity contribution in [1.29, 1.82) is 0 Å². The minimum atomic E-state index is 0.687. The predicted molar refractivity (Wildman–Crippen MR) is 95.0 cm³/mol. The van der Waals surface area contributed by atoms with Gasteiger partial charge in [-0.15, -0.1) is 0 Å². The van der Waals surface area contributed by atoms with E-state index in [1.54, 1.807) is 0 Å². The van der Waals surface area contributed by atoms with E-state index in [4.69, 9.17) is 0 Å². The molecule has 1 N–H and O–H groups in total. The largest absolute Gasteiger partial charge is 0.317 e. The molecule has 1 aromatic carbocycles. The fraction of sp³-hybridized carbons (Fsp3) is 0.700. The predicted octanol–water partition coefficient (Wildman–Crippen LogP) is 5.91. The quantitative estimate of drug-likeness (QED) is 0.445. The highest BCUT2D eigenvalue weighted by Crippen LogP contribution is 2.19. The van der Waals surface area contributed by atoms with E-state index in [0.717, 1.165) is 0 Å². The van der Waals surface area contributed by atoms with Crippen molar-refractivity contribution in [2.45, 2.75) is 77.6 Å². The maximum Gasteiger partial charge on any atom is -0.00487 e. The second-order valence-corrected chi connectivity index (χ2v) is 6.33. The second-order valence-electron chi connectivity index (χ2n) is 6.33. The number of nitrogens with one attached hydrogen (secondary N) is 1. The molecule has 1 aromatic rings. The van der Waals surface area contributed by atoms with Gasteiger partial charge in [-0.05, 0) is 43.8 Å². The summed E-state index contributed by atoms with van der Waals surface area (Å²) >= 11 is 0. The average molecular weight is 290 g/mol. The maximum absolute atomic E-state index is 3.59. The zero-order valence-electron chi connectivity index (χ0n) is 14.2. The molecule has 1 atom stereocenters. The molecule has 0 aliphatic rings. The van der Waals surface area contributed by atoms with Crippen LogP contribution in [0.5, 0.6) is 0 Å². The first-order valence-corrected chi connectivity index (χ1v) is 9.10. The van der Waals surface area contributed by atoms with E-state index in [0.29, 0.717) is 5.92 Å². The van der Waals surface area contributed by atoms with Gasteiger partial charge in [0.05, 0.1) is 0 Å². The van der Waals surface area contributed by atoms with E-state index < -0.39 is 0 Å². The molecule has 0 aliphatic carbocycles. The highest BCUT2D eigenvalue weighted by molar-refractivity contribution is 5.18. The van der Waals surface area contributed by atoms with E-state index in [1.165, 1.54) is 76.4 Å². The molecule has 0 aliphatic heterocycles. The molecule has 0 saturated carbocycles. The molecule has 1 rings (SSSR count). The summed E-state index contributed by atoms with van der Waals surface area (Å²) in [7, 11) is 0. The maximum atomic E-state index is 3.59. The van der Waals surface area contributed by atoms with Crippen molar-refractivity contribution in [3.63, 3.8) is 0 Å². The van der Waals surface area contributed by atoms with Crippen molar-refractivity contribution in [3.05, 3.63) is 35.9 Å². The summed E-state index contributed by atoms with van der Waals surface area (Å²) < 4.78 is 0. The van der Waals surface area contributed by atoms with Crippen molar-refractivity contribution in [1.82, 2.24) is 5.32 Å². The van der Waals surface area contributed by atoms with Crippen LogP contribution in [0.3, 0.4) is 0 Å². The summed E-state index contributed by atoms with van der Waals surface area (Å²) in [5.41, 5.74) is 1.48. The van der Waals surface area contributed by atoms with Crippen molar-refractivity contribution >= 4 is 0 Å². The van der Waals surface area contributed by atoms with Crippen LogP contribution in [0.2, 0.25) is 0 Å². The Hall–Kier alpha value is -0.820. The van der Waals surface area contributed by atoms with Gasteiger partial charge in [0.15, 0.2) is 0 Å². The van der Waals surface area contributed by atoms with Crippen LogP contribution in [0.15, 0.2) is 30.3 Å². The van der Waals surface area contributed by atoms with Gasteiger partial charge in [-0.3, -0.25) is 0 Å². The fourth-order valence-electron chi connectivity index (χ4n) is 2.81. The third-order valence-corrected chi connectivity index (χ3v) is 4.32. The van der Waals surface area contributed by atoms with Gasteiger partial charge in [0.2, 0.25) is 0 Å². The van der Waals surface area contributed by atoms with Crippen molar-refractivity contribution in [2.75, 3.05) is 13.1 Å². The highest BCUT2D eigenvalue weighted by atomic mass is 14.8. The third-order valence-electron chi connectivity index (χ3n) is 4.32. The molecule has 0 bridgehead atoms. The Labute approximate surface area is 132 Å². The van der Waals surface area contributed by atoms with E-state index in [-0.39, 0.29) is 0 Å². The van der Waals surface area contributed by atoms with E-state index in [9.17, 15) is 0 Å². The zero-order valence-corrected chi connectivity index (χ0v) is 14.2. The van der Waals surface area contributed by atoms with Gasteiger partial charge in [0.25, 0.3) is 0 Å². The van der Waals surface area contributed by atoms with Crippen LogP contribution >= 0.6 is 0 Å². The summed E-state index contributed by atoms with van der Waals surface area (Å²) in [5, 5.41) is 3.59. The molecule has 0 saturated heterocycles. The Bertz CT molecular complexity index is 320. The molecule has 0 amide bonds. The highest BCUT2D eigenvalue weighted by Gasteiger charge is 2.03. The molecule has 0 spiro atoms. The van der Waals surface area contributed by atoms with Crippen molar-refractivity contribution in [3.8, 4) is 0 Å². The number of unbranched alkanes of at least 4 members (excludes halogenated alkanes) is 6. The van der Waals surface area contributed by atoms with Crippen LogP contribution in [0, 0.1) is 0 Å². The number of rotatable bonds is 13. The van der Waals surface area contributed by atoms with Crippen LogP contribution in [0.1, 0.15) is 83.1 Å². The molecule has 1 heteroatoms. The standard InChI is InChI=1S/C20H35N/c1-3-4-5-6-7-8-12-17-21-18-13-14-19(2)20-15-10-9-11-16-20/h9-11,15-16,19,21H,3-8,12-14,17-18H2,1-2H3. The van der Waals surface area contributed by atoms with Gasteiger partial charge in [-0.2, -0.15) is 0 Å². The smallest absolute Gasteiger partial charge is 0.00487 e. The van der Waals surface area contributed by atoms with Gasteiger partial charge in [-0.25, -0.2) is 0 Å². The zero-order chi connectivity index (χ0) is 15.2. The normalized spacial score (nSPS) is 12.5. The lowest BCUT2D eigenvalue weighted by Crippen LogP contribution is -2.17. The molecule has 120 valence electrons. The Morgan fingerprint density at radius 3 is 2.14 bits per heavy atom. The average Bonchev–Trinajstić information content (AvgIpc) is 2.53. The molecule has 0 fully saturated rings. The van der Waals surface area contributed by atoms with Crippen LogP contribution in [-0.4, -0.2) is 13.1 Å². The summed E-state index contributed by atoms with van der Waals surface area (Å²) in [6.45, 7) is 6.99. The molecule has 21 heavy (non-hydrogen) atoms. The first-order chi connectivity index (χ1) is 10.3. The lowest BCUT2D eigenvalue weighted by atomic mass is 9.96. The second kappa shape index (κ2) is 12.9. The van der Waals surface area contributed by atoms with Crippen LogP contribution in [0.25, 0.3) is 0 Å². The molecule has 0 radical (unpaired) electrons. The molecule has 1 unspecified atom stereocenters. The molecule has 0 heterocycles. The van der Waals surface area contributed by atoms with Crippen molar-refractivity contribution in [2.24, 2.45) is 0 Å². The van der Waals surface area contributed by atoms with Gasteiger partial charge in [0.1, 0.15) is 0 Å². The van der Waals surface area contributed by atoms with Crippen LogP contribution in [-0.2, 0) is 0 Å². The van der Waals surface area contributed by atoms with Gasteiger partial charge in [-0.1, -0.05) is 82.7 Å². The summed E-state index contributed by atoms with van der Waals surface area (Å²) in [6.07, 6.45) is 12.4. The topological polar surface area (TPSA) is 12.0 Å². The molecule has 1 nitrogen and oxygen atoms in total. The number of hydrogen-bond acceptors (Lipinski definition) is 1. The number of benzene rings is 1. The molecular weight excluding hydrogens is 254 g/mol. The summed E-state index contributed by atoms with van der Waals surface area (Å²) in [4.78, 5) is 0. The summed E-state index contributed by atoms with van der Waals surface area (Å²) in [6, 6.07) is 10.9. The van der Waals surface area contributed by atoms with E-state index in [1.807, 2.05) is 0 Å². The Kier molecular flexibility index (Phi) is 11.2. The third kappa shape index (κ3) is 9.68. The first kappa shape index (κ1) is 18.2. The SMILES string of the molecule is CCCCCCCCCNCCCC(C)c1ccccc1. The fourth-order valence-corrected chi connectivity index (χ4v) is 2.81. The monoisotopic (exact) mass is 289 g/mol. The minimum Gasteiger partial charge on any atom is -0.317 e. The Balaban J connectivity index is 1.86. The number of hydrogen-bond donors (Lipinski definition) is 1. The van der Waals surface area contributed by atoms with Crippen LogP contribution < -0.4 is 5.32 Å². The van der Waals surface area contributed by atoms with Gasteiger partial charge < -0.3 is 5.32 Å². The van der Waals surface area contributed by atoms with Crippen LogP contribution in [0.4, 0.5) is 0 Å². The lowest BCUT2D eigenvalue weighted by molar-refractivity contribution is 0.540. The lowest BCUT2D eigenvalue weighted by Gasteiger charge is -2.12. The minimum absolute atomic E-state index is 0.687. The first-order valence-electron chi connectivity index (χ1n) is 9.10. The van der Waals surface area contributed by atoms with Gasteiger partial charge in [0, 0.05) is 0 Å². The summed E-state index contributed by atoms with van der Waals surface area (Å²) in [5.74, 6) is 0.687. The van der Waals surface area contributed by atoms with E-state index >= 15 is 0 Å². The molecular formula is C20H35N. The van der Waals surface area contributed by atoms with Gasteiger partial charge >= 0.3 is 0 Å². The molecule has 0 aromatic heterocycles. The van der Waals surface area contributed by atoms with Crippen molar-refractivity contribution < 1.29 is 0 Å². The van der Waals surface area contributed by atoms with E-state index in [2.05, 4.69) is 49.5 Å². The Morgan fingerprint density at radius 1 is 0.810 bits per heavy atom. The Morgan fingerprint density at radius 2 is 1.43 bits per heavy atom.